The first-order valence-electron chi connectivity index (χ1n) is 12.5. The lowest BCUT2D eigenvalue weighted by atomic mass is 9.95. The van der Waals surface area contributed by atoms with Crippen molar-refractivity contribution in [2.45, 2.75) is 26.1 Å². The van der Waals surface area contributed by atoms with Gasteiger partial charge >= 0.3 is 12.2 Å². The topological polar surface area (TPSA) is 70.2 Å². The van der Waals surface area contributed by atoms with Crippen molar-refractivity contribution in [3.63, 3.8) is 0 Å². The first-order valence-corrected chi connectivity index (χ1v) is 12.9. The molecule has 9 heteroatoms. The number of carbonyl (C=O) groups is 2. The summed E-state index contributed by atoms with van der Waals surface area (Å²) in [4.78, 5) is 25.6. The molecule has 4 rings (SSSR count). The number of nitrogens with one attached hydrogen (secondary N) is 3. The number of hydrogen-bond donors (Lipinski definition) is 3. The third kappa shape index (κ3) is 7.42. The van der Waals surface area contributed by atoms with E-state index < -0.39 is 17.8 Å². The molecule has 0 saturated carbocycles. The summed E-state index contributed by atoms with van der Waals surface area (Å²) < 4.78 is 38.3. The lowest BCUT2D eigenvalue weighted by Crippen LogP contribution is -2.28. The minimum Gasteiger partial charge on any atom is -0.352 e. The highest BCUT2D eigenvalue weighted by molar-refractivity contribution is 6.31. The van der Waals surface area contributed by atoms with Crippen molar-refractivity contribution in [2.24, 2.45) is 0 Å². The standard InChI is InChI=1S/C31H27ClF3N3O2/c1-20-10-11-21(28(32)18-20)16-17-36-29(39)27-9-5-4-8-26(27)25-7-3-2-6-22(25)19-37-30(40)38-24-14-12-23(13-15-24)31(33,34)35/h2-15,18H,16-17,19H2,1H3,(H,36,39)(H2,37,38,40). The van der Waals surface area contributed by atoms with E-state index in [9.17, 15) is 22.8 Å². The summed E-state index contributed by atoms with van der Waals surface area (Å²) in [5.74, 6) is -0.235. The molecular formula is C31H27ClF3N3O2. The van der Waals surface area contributed by atoms with Crippen LogP contribution in [-0.2, 0) is 19.1 Å². The summed E-state index contributed by atoms with van der Waals surface area (Å²) >= 11 is 6.32. The van der Waals surface area contributed by atoms with E-state index in [1.54, 1.807) is 12.1 Å². The van der Waals surface area contributed by atoms with Gasteiger partial charge in [-0.25, -0.2) is 4.79 Å². The molecule has 0 aromatic heterocycles. The van der Waals surface area contributed by atoms with Crippen LogP contribution in [0.15, 0.2) is 91.0 Å². The second kappa shape index (κ2) is 12.7. The zero-order valence-electron chi connectivity index (χ0n) is 21.6. The summed E-state index contributed by atoms with van der Waals surface area (Å²) in [5, 5.41) is 8.89. The van der Waals surface area contributed by atoms with Crippen molar-refractivity contribution in [3.8, 4) is 11.1 Å². The molecule has 5 nitrogen and oxygen atoms in total. The summed E-state index contributed by atoms with van der Waals surface area (Å²) in [7, 11) is 0. The molecular weight excluding hydrogens is 539 g/mol. The molecule has 0 fully saturated rings. The Hall–Kier alpha value is -4.30. The van der Waals surface area contributed by atoms with E-state index in [0.717, 1.165) is 34.4 Å². The van der Waals surface area contributed by atoms with Gasteiger partial charge in [0.1, 0.15) is 0 Å². The van der Waals surface area contributed by atoms with Crippen LogP contribution in [0.1, 0.15) is 32.6 Å². The molecule has 0 atom stereocenters. The van der Waals surface area contributed by atoms with Crippen molar-refractivity contribution >= 4 is 29.2 Å². The molecule has 0 radical (unpaired) electrons. The number of alkyl halides is 3. The van der Waals surface area contributed by atoms with Crippen molar-refractivity contribution in [1.82, 2.24) is 10.6 Å². The number of benzene rings is 4. The number of halogens is 4. The third-order valence-electron chi connectivity index (χ3n) is 6.28. The van der Waals surface area contributed by atoms with E-state index >= 15 is 0 Å². The molecule has 0 heterocycles. The van der Waals surface area contributed by atoms with E-state index in [-0.39, 0.29) is 18.1 Å². The number of rotatable bonds is 8. The highest BCUT2D eigenvalue weighted by atomic mass is 35.5. The van der Waals surface area contributed by atoms with Crippen LogP contribution in [0.3, 0.4) is 0 Å². The molecule has 0 unspecified atom stereocenters. The second-order valence-electron chi connectivity index (χ2n) is 9.19. The van der Waals surface area contributed by atoms with Crippen LogP contribution in [-0.4, -0.2) is 18.5 Å². The molecule has 4 aromatic carbocycles. The van der Waals surface area contributed by atoms with E-state index in [1.165, 1.54) is 12.1 Å². The number of amides is 3. The Labute approximate surface area is 235 Å². The minimum atomic E-state index is -4.45. The van der Waals surface area contributed by atoms with Gasteiger partial charge in [0.25, 0.3) is 5.91 Å². The molecule has 3 N–H and O–H groups in total. The number of hydrogen-bond acceptors (Lipinski definition) is 2. The molecule has 0 bridgehead atoms. The Balaban J connectivity index is 1.42. The molecule has 0 aliphatic heterocycles. The number of urea groups is 1. The van der Waals surface area contributed by atoms with E-state index in [4.69, 9.17) is 11.6 Å². The summed E-state index contributed by atoms with van der Waals surface area (Å²) in [6.07, 6.45) is -3.87. The quantitative estimate of drug-likeness (QED) is 0.206. The second-order valence-corrected chi connectivity index (χ2v) is 9.59. The monoisotopic (exact) mass is 565 g/mol. The maximum absolute atomic E-state index is 13.1. The van der Waals surface area contributed by atoms with E-state index in [1.807, 2.05) is 61.5 Å². The van der Waals surface area contributed by atoms with Gasteiger partial charge in [-0.1, -0.05) is 66.2 Å². The molecule has 0 aliphatic carbocycles. The highest BCUT2D eigenvalue weighted by Crippen LogP contribution is 2.30. The first-order chi connectivity index (χ1) is 19.1. The van der Waals surface area contributed by atoms with Gasteiger partial charge in [0.2, 0.25) is 0 Å². The van der Waals surface area contributed by atoms with Crippen molar-refractivity contribution in [1.29, 1.82) is 0 Å². The van der Waals surface area contributed by atoms with Crippen LogP contribution >= 0.6 is 11.6 Å². The third-order valence-corrected chi connectivity index (χ3v) is 6.63. The normalized spacial score (nSPS) is 11.1. The van der Waals surface area contributed by atoms with Crippen LogP contribution in [0.2, 0.25) is 5.02 Å². The van der Waals surface area contributed by atoms with Crippen LogP contribution in [0, 0.1) is 6.92 Å². The number of aryl methyl sites for hydroxylation is 1. The number of carbonyl (C=O) groups excluding carboxylic acids is 2. The molecule has 206 valence electrons. The smallest absolute Gasteiger partial charge is 0.352 e. The Morgan fingerprint density at radius 3 is 2.17 bits per heavy atom. The lowest BCUT2D eigenvalue weighted by molar-refractivity contribution is -0.137. The van der Waals surface area contributed by atoms with Gasteiger partial charge in [-0.05, 0) is 77.6 Å². The van der Waals surface area contributed by atoms with Crippen molar-refractivity contribution < 1.29 is 22.8 Å². The van der Waals surface area contributed by atoms with Gasteiger partial charge in [0.15, 0.2) is 0 Å². The average molecular weight is 566 g/mol. The lowest BCUT2D eigenvalue weighted by Gasteiger charge is -2.15. The fourth-order valence-electron chi connectivity index (χ4n) is 4.21. The molecule has 4 aromatic rings. The predicted octanol–water partition coefficient (Wildman–Crippen LogP) is 7.63. The first kappa shape index (κ1) is 28.7. The van der Waals surface area contributed by atoms with Gasteiger partial charge < -0.3 is 16.0 Å². The zero-order chi connectivity index (χ0) is 28.7. The minimum absolute atomic E-state index is 0.129. The predicted molar refractivity (Wildman–Crippen MR) is 151 cm³/mol. The van der Waals surface area contributed by atoms with Crippen LogP contribution in [0.5, 0.6) is 0 Å². The Bertz CT molecular complexity index is 1500. The van der Waals surface area contributed by atoms with Gasteiger partial charge in [-0.15, -0.1) is 0 Å². The molecule has 40 heavy (non-hydrogen) atoms. The largest absolute Gasteiger partial charge is 0.416 e. The fraction of sp³-hybridized carbons (Fsp3) is 0.161. The van der Waals surface area contributed by atoms with Gasteiger partial charge in [0, 0.05) is 29.4 Å². The zero-order valence-corrected chi connectivity index (χ0v) is 22.4. The van der Waals surface area contributed by atoms with Crippen LogP contribution < -0.4 is 16.0 Å². The SMILES string of the molecule is Cc1ccc(CCNC(=O)c2ccccc2-c2ccccc2CNC(=O)Nc2ccc(C(F)(F)F)cc2)c(Cl)c1. The number of anilines is 1. The molecule has 0 spiro atoms. The Kier molecular flexibility index (Phi) is 9.11. The highest BCUT2D eigenvalue weighted by Gasteiger charge is 2.30. The average Bonchev–Trinajstić information content (AvgIpc) is 2.93. The fourth-order valence-corrected chi connectivity index (χ4v) is 4.54. The summed E-state index contributed by atoms with van der Waals surface area (Å²) in [5.41, 5.74) is 4.17. The maximum Gasteiger partial charge on any atom is 0.416 e. The summed E-state index contributed by atoms with van der Waals surface area (Å²) in [6, 6.07) is 24.0. The van der Waals surface area contributed by atoms with Gasteiger partial charge in [-0.2, -0.15) is 13.2 Å². The van der Waals surface area contributed by atoms with E-state index in [0.29, 0.717) is 29.1 Å². The van der Waals surface area contributed by atoms with Crippen LogP contribution in [0.25, 0.3) is 11.1 Å². The molecule has 0 saturated heterocycles. The molecule has 3 amide bonds. The van der Waals surface area contributed by atoms with Gasteiger partial charge in [-0.3, -0.25) is 4.79 Å². The Morgan fingerprint density at radius 2 is 1.48 bits per heavy atom. The van der Waals surface area contributed by atoms with E-state index in [2.05, 4.69) is 16.0 Å². The van der Waals surface area contributed by atoms with Gasteiger partial charge in [0.05, 0.1) is 5.56 Å². The molecule has 0 aliphatic rings. The van der Waals surface area contributed by atoms with Crippen LogP contribution in [0.4, 0.5) is 23.7 Å². The maximum atomic E-state index is 13.1. The van der Waals surface area contributed by atoms with Crippen molar-refractivity contribution in [2.75, 3.05) is 11.9 Å². The Morgan fingerprint density at radius 1 is 0.800 bits per heavy atom. The summed E-state index contributed by atoms with van der Waals surface area (Å²) in [6.45, 7) is 2.50. The van der Waals surface area contributed by atoms with Crippen molar-refractivity contribution in [3.05, 3.63) is 124 Å².